The number of benzene rings is 1. The van der Waals surface area contributed by atoms with Gasteiger partial charge in [0.1, 0.15) is 5.75 Å². The van der Waals surface area contributed by atoms with E-state index in [4.69, 9.17) is 4.74 Å². The van der Waals surface area contributed by atoms with Crippen LogP contribution in [-0.4, -0.2) is 22.8 Å². The van der Waals surface area contributed by atoms with Crippen molar-refractivity contribution in [3.05, 3.63) is 36.0 Å². The maximum atomic E-state index is 5.66. The molecule has 0 unspecified atom stereocenters. The third-order valence-electron chi connectivity index (χ3n) is 2.97. The van der Waals surface area contributed by atoms with Crippen molar-refractivity contribution >= 4 is 0 Å². The lowest BCUT2D eigenvalue weighted by Crippen LogP contribution is -2.13. The summed E-state index contributed by atoms with van der Waals surface area (Å²) in [6.45, 7) is 8.08. The smallest absolute Gasteiger partial charge is 0.119 e. The van der Waals surface area contributed by atoms with Gasteiger partial charge in [0.05, 0.1) is 18.0 Å². The minimum Gasteiger partial charge on any atom is -0.491 e. The fourth-order valence-electron chi connectivity index (χ4n) is 2.07. The molecule has 0 aliphatic rings. The van der Waals surface area contributed by atoms with Crippen LogP contribution in [0.4, 0.5) is 0 Å². The van der Waals surface area contributed by atoms with E-state index in [-0.39, 0.29) is 6.10 Å². The van der Waals surface area contributed by atoms with Gasteiger partial charge in [0.15, 0.2) is 0 Å². The van der Waals surface area contributed by atoms with Crippen molar-refractivity contribution in [3.63, 3.8) is 0 Å². The Bertz CT molecular complexity index is 517. The van der Waals surface area contributed by atoms with E-state index in [1.54, 1.807) is 0 Å². The molecule has 0 saturated carbocycles. The van der Waals surface area contributed by atoms with E-state index in [1.807, 2.05) is 32.2 Å². The van der Waals surface area contributed by atoms with E-state index >= 15 is 0 Å². The second kappa shape index (κ2) is 7.10. The summed E-state index contributed by atoms with van der Waals surface area (Å²) in [5.41, 5.74) is 3.40. The summed E-state index contributed by atoms with van der Waals surface area (Å²) in [7, 11) is 0. The molecule has 0 spiro atoms. The lowest BCUT2D eigenvalue weighted by molar-refractivity contribution is 0.242. The van der Waals surface area contributed by atoms with Crippen LogP contribution in [0.15, 0.2) is 30.5 Å². The molecule has 0 aliphatic heterocycles. The SMILES string of the molecule is CCCNCc1cn[nH]c1-c1ccc(OC(C)C)cc1. The second-order valence-corrected chi connectivity index (χ2v) is 5.14. The molecule has 108 valence electrons. The molecule has 0 atom stereocenters. The monoisotopic (exact) mass is 273 g/mol. The van der Waals surface area contributed by atoms with Crippen LogP contribution in [0.1, 0.15) is 32.8 Å². The highest BCUT2D eigenvalue weighted by molar-refractivity contribution is 5.63. The van der Waals surface area contributed by atoms with Gasteiger partial charge < -0.3 is 10.1 Å². The summed E-state index contributed by atoms with van der Waals surface area (Å²) >= 11 is 0. The summed E-state index contributed by atoms with van der Waals surface area (Å²) in [4.78, 5) is 0. The fraction of sp³-hybridized carbons (Fsp3) is 0.438. The number of H-pyrrole nitrogens is 1. The number of aromatic nitrogens is 2. The first-order chi connectivity index (χ1) is 9.70. The number of nitrogens with zero attached hydrogens (tertiary/aromatic N) is 1. The van der Waals surface area contributed by atoms with Crippen LogP contribution in [0.2, 0.25) is 0 Å². The van der Waals surface area contributed by atoms with Gasteiger partial charge in [-0.3, -0.25) is 5.10 Å². The van der Waals surface area contributed by atoms with Gasteiger partial charge in [-0.25, -0.2) is 0 Å². The number of nitrogens with one attached hydrogen (secondary N) is 2. The Labute approximate surface area is 120 Å². The number of rotatable bonds is 7. The average Bonchev–Trinajstić information content (AvgIpc) is 2.88. The Balaban J connectivity index is 2.09. The first-order valence-corrected chi connectivity index (χ1v) is 7.20. The van der Waals surface area contributed by atoms with Crippen LogP contribution in [0.3, 0.4) is 0 Å². The van der Waals surface area contributed by atoms with Gasteiger partial charge in [-0.1, -0.05) is 6.92 Å². The molecule has 2 aromatic rings. The second-order valence-electron chi connectivity index (χ2n) is 5.14. The lowest BCUT2D eigenvalue weighted by Gasteiger charge is -2.10. The maximum absolute atomic E-state index is 5.66. The molecule has 0 fully saturated rings. The van der Waals surface area contributed by atoms with Crippen LogP contribution < -0.4 is 10.1 Å². The molecule has 0 amide bonds. The van der Waals surface area contributed by atoms with E-state index in [0.29, 0.717) is 0 Å². The van der Waals surface area contributed by atoms with Crippen molar-refractivity contribution in [1.29, 1.82) is 0 Å². The summed E-state index contributed by atoms with van der Waals surface area (Å²) < 4.78 is 5.66. The molecule has 20 heavy (non-hydrogen) atoms. The molecule has 0 aliphatic carbocycles. The van der Waals surface area contributed by atoms with E-state index in [2.05, 4.69) is 34.6 Å². The van der Waals surface area contributed by atoms with Crippen molar-refractivity contribution < 1.29 is 4.74 Å². The Hall–Kier alpha value is -1.81. The first kappa shape index (κ1) is 14.6. The zero-order valence-corrected chi connectivity index (χ0v) is 12.4. The molecule has 0 bridgehead atoms. The zero-order chi connectivity index (χ0) is 14.4. The highest BCUT2D eigenvalue weighted by Gasteiger charge is 2.07. The van der Waals surface area contributed by atoms with Gasteiger partial charge in [-0.05, 0) is 51.1 Å². The van der Waals surface area contributed by atoms with E-state index in [9.17, 15) is 0 Å². The summed E-state index contributed by atoms with van der Waals surface area (Å²) in [5, 5.41) is 10.6. The molecule has 1 aromatic carbocycles. The predicted molar refractivity (Wildman–Crippen MR) is 81.8 cm³/mol. The van der Waals surface area contributed by atoms with Gasteiger partial charge in [-0.2, -0.15) is 5.10 Å². The maximum Gasteiger partial charge on any atom is 0.119 e. The number of aromatic amines is 1. The lowest BCUT2D eigenvalue weighted by atomic mass is 10.1. The molecule has 2 N–H and O–H groups in total. The molecule has 1 aromatic heterocycles. The molecular weight excluding hydrogens is 250 g/mol. The summed E-state index contributed by atoms with van der Waals surface area (Å²) in [6.07, 6.45) is 3.21. The number of hydrogen-bond acceptors (Lipinski definition) is 3. The summed E-state index contributed by atoms with van der Waals surface area (Å²) in [6, 6.07) is 8.13. The van der Waals surface area contributed by atoms with E-state index in [0.717, 1.165) is 36.5 Å². The van der Waals surface area contributed by atoms with Crippen molar-refractivity contribution in [1.82, 2.24) is 15.5 Å². The van der Waals surface area contributed by atoms with Crippen LogP contribution >= 0.6 is 0 Å². The molecule has 1 heterocycles. The molecule has 0 saturated heterocycles. The molecule has 0 radical (unpaired) electrons. The van der Waals surface area contributed by atoms with Crippen molar-refractivity contribution in [3.8, 4) is 17.0 Å². The van der Waals surface area contributed by atoms with Crippen LogP contribution in [0, 0.1) is 0 Å². The molecule has 2 rings (SSSR count). The zero-order valence-electron chi connectivity index (χ0n) is 12.4. The van der Waals surface area contributed by atoms with Gasteiger partial charge in [0.2, 0.25) is 0 Å². The number of ether oxygens (including phenoxy) is 1. The van der Waals surface area contributed by atoms with Crippen molar-refractivity contribution in [2.75, 3.05) is 6.54 Å². The van der Waals surface area contributed by atoms with Crippen molar-refractivity contribution in [2.45, 2.75) is 39.8 Å². The van der Waals surface area contributed by atoms with Gasteiger partial charge in [0, 0.05) is 17.7 Å². The van der Waals surface area contributed by atoms with Crippen LogP contribution in [0.5, 0.6) is 5.75 Å². The minimum absolute atomic E-state index is 0.196. The Morgan fingerprint density at radius 2 is 2.00 bits per heavy atom. The van der Waals surface area contributed by atoms with E-state index in [1.165, 1.54) is 5.56 Å². The highest BCUT2D eigenvalue weighted by Crippen LogP contribution is 2.24. The third-order valence-corrected chi connectivity index (χ3v) is 2.97. The van der Waals surface area contributed by atoms with Crippen LogP contribution in [0.25, 0.3) is 11.3 Å². The Morgan fingerprint density at radius 1 is 1.25 bits per heavy atom. The first-order valence-electron chi connectivity index (χ1n) is 7.20. The molecular formula is C16H23N3O. The number of hydrogen-bond donors (Lipinski definition) is 2. The van der Waals surface area contributed by atoms with Crippen molar-refractivity contribution in [2.24, 2.45) is 0 Å². The van der Waals surface area contributed by atoms with Crippen LogP contribution in [-0.2, 0) is 6.54 Å². The molecule has 4 nitrogen and oxygen atoms in total. The topological polar surface area (TPSA) is 49.9 Å². The third kappa shape index (κ3) is 3.84. The Kier molecular flexibility index (Phi) is 5.18. The van der Waals surface area contributed by atoms with E-state index < -0.39 is 0 Å². The highest BCUT2D eigenvalue weighted by atomic mass is 16.5. The van der Waals surface area contributed by atoms with Gasteiger partial charge in [0.25, 0.3) is 0 Å². The predicted octanol–water partition coefficient (Wildman–Crippen LogP) is 3.36. The normalized spacial score (nSPS) is 11.0. The standard InChI is InChI=1S/C16H23N3O/c1-4-9-17-10-14-11-18-19-16(14)13-5-7-15(8-6-13)20-12(2)3/h5-8,11-12,17H,4,9-10H2,1-3H3,(H,18,19). The fourth-order valence-corrected chi connectivity index (χ4v) is 2.07. The largest absolute Gasteiger partial charge is 0.491 e. The van der Waals surface area contributed by atoms with Gasteiger partial charge >= 0.3 is 0 Å². The minimum atomic E-state index is 0.196. The van der Waals surface area contributed by atoms with Gasteiger partial charge in [-0.15, -0.1) is 0 Å². The average molecular weight is 273 g/mol. The Morgan fingerprint density at radius 3 is 2.65 bits per heavy atom. The molecule has 4 heteroatoms. The quantitative estimate of drug-likeness (QED) is 0.760. The summed E-state index contributed by atoms with van der Waals surface area (Å²) in [5.74, 6) is 0.897.